The van der Waals surface area contributed by atoms with E-state index in [-0.39, 0.29) is 11.4 Å². The first-order chi connectivity index (χ1) is 13.4. The summed E-state index contributed by atoms with van der Waals surface area (Å²) in [6, 6.07) is 11.9. The van der Waals surface area contributed by atoms with E-state index in [0.717, 1.165) is 11.3 Å². The molecule has 0 aliphatic rings. The summed E-state index contributed by atoms with van der Waals surface area (Å²) in [6.45, 7) is 0.195. The van der Waals surface area contributed by atoms with Crippen LogP contribution in [0.4, 0.5) is 0 Å². The van der Waals surface area contributed by atoms with Gasteiger partial charge in [0.05, 0.1) is 29.3 Å². The van der Waals surface area contributed by atoms with Crippen LogP contribution < -0.4 is 14.2 Å². The second-order valence-electron chi connectivity index (χ2n) is 5.82. The van der Waals surface area contributed by atoms with E-state index in [2.05, 4.69) is 25.6 Å². The maximum Gasteiger partial charge on any atom is 0.240 e. The molecule has 0 saturated carbocycles. The smallest absolute Gasteiger partial charge is 0.240 e. The number of nitrogens with zero attached hydrogens (tertiary/aromatic N) is 1. The first kappa shape index (κ1) is 20.4. The minimum Gasteiger partial charge on any atom is -0.497 e. The van der Waals surface area contributed by atoms with E-state index in [1.165, 1.54) is 25.5 Å². The van der Waals surface area contributed by atoms with Gasteiger partial charge in [0.15, 0.2) is 0 Å². The molecule has 1 N–H and O–H groups in total. The van der Waals surface area contributed by atoms with Crippen molar-refractivity contribution in [3.63, 3.8) is 0 Å². The summed E-state index contributed by atoms with van der Waals surface area (Å²) in [4.78, 5) is 4.55. The Kier molecular flexibility index (Phi) is 6.38. The highest BCUT2D eigenvalue weighted by Crippen LogP contribution is 2.27. The Hall–Kier alpha value is -2.36. The van der Waals surface area contributed by atoms with Crippen LogP contribution in [-0.4, -0.2) is 34.2 Å². The van der Waals surface area contributed by atoms with E-state index in [1.807, 2.05) is 24.3 Å². The number of halogens is 1. The van der Waals surface area contributed by atoms with Gasteiger partial charge < -0.3 is 13.9 Å². The molecule has 0 atom stereocenters. The molecule has 0 saturated heterocycles. The van der Waals surface area contributed by atoms with Gasteiger partial charge in [-0.2, -0.15) is 0 Å². The van der Waals surface area contributed by atoms with Crippen LogP contribution in [0.15, 0.2) is 62.5 Å². The Balaban J connectivity index is 1.61. The molecule has 28 heavy (non-hydrogen) atoms. The zero-order valence-electron chi connectivity index (χ0n) is 15.3. The minimum atomic E-state index is -3.64. The van der Waals surface area contributed by atoms with Gasteiger partial charge >= 0.3 is 0 Å². The van der Waals surface area contributed by atoms with Crippen molar-refractivity contribution in [1.82, 2.24) is 9.71 Å². The second kappa shape index (κ2) is 8.76. The first-order valence-corrected chi connectivity index (χ1v) is 10.6. The van der Waals surface area contributed by atoms with Crippen molar-refractivity contribution in [1.29, 1.82) is 0 Å². The van der Waals surface area contributed by atoms with Crippen LogP contribution >= 0.6 is 15.9 Å². The summed E-state index contributed by atoms with van der Waals surface area (Å²) >= 11 is 3.29. The Morgan fingerprint density at radius 1 is 1.11 bits per heavy atom. The van der Waals surface area contributed by atoms with Crippen LogP contribution in [-0.2, 0) is 16.4 Å². The van der Waals surface area contributed by atoms with Gasteiger partial charge in [-0.25, -0.2) is 18.1 Å². The predicted octanol–water partition coefficient (Wildman–Crippen LogP) is 3.64. The number of ether oxygens (including phenoxy) is 2. The SMILES string of the molecule is COc1ccc(-c2nc(CCNS(=O)(=O)c3ccc(OC)c(Br)c3)co2)cc1. The average Bonchev–Trinajstić information content (AvgIpc) is 3.16. The molecule has 1 aromatic heterocycles. The summed E-state index contributed by atoms with van der Waals surface area (Å²) in [7, 11) is -0.519. The fourth-order valence-electron chi connectivity index (χ4n) is 2.50. The Morgan fingerprint density at radius 3 is 2.50 bits per heavy atom. The normalized spacial score (nSPS) is 11.4. The zero-order valence-corrected chi connectivity index (χ0v) is 17.7. The van der Waals surface area contributed by atoms with Crippen molar-refractivity contribution < 1.29 is 22.3 Å². The van der Waals surface area contributed by atoms with Gasteiger partial charge in [0.2, 0.25) is 15.9 Å². The molecular formula is C19H19BrN2O5S. The van der Waals surface area contributed by atoms with E-state index in [1.54, 1.807) is 13.2 Å². The highest BCUT2D eigenvalue weighted by atomic mass is 79.9. The highest BCUT2D eigenvalue weighted by Gasteiger charge is 2.16. The molecule has 3 aromatic rings. The summed E-state index contributed by atoms with van der Waals surface area (Å²) < 4.78 is 43.7. The molecule has 0 unspecified atom stereocenters. The van der Waals surface area contributed by atoms with Gasteiger partial charge in [-0.3, -0.25) is 0 Å². The second-order valence-corrected chi connectivity index (χ2v) is 8.44. The van der Waals surface area contributed by atoms with Crippen LogP contribution in [0.3, 0.4) is 0 Å². The quantitative estimate of drug-likeness (QED) is 0.544. The predicted molar refractivity (Wildman–Crippen MR) is 108 cm³/mol. The van der Waals surface area contributed by atoms with Crippen molar-refractivity contribution >= 4 is 26.0 Å². The summed E-state index contributed by atoms with van der Waals surface area (Å²) in [5.74, 6) is 1.78. The third-order valence-electron chi connectivity index (χ3n) is 4.00. The number of aromatic nitrogens is 1. The van der Waals surface area contributed by atoms with Crippen molar-refractivity contribution in [2.45, 2.75) is 11.3 Å². The standard InChI is InChI=1S/C19H19BrN2O5S/c1-25-15-5-3-13(4-6-15)19-22-14(12-27-19)9-10-21-28(23,24)16-7-8-18(26-2)17(20)11-16/h3-8,11-12,21H,9-10H2,1-2H3. The summed E-state index contributed by atoms with van der Waals surface area (Å²) in [5, 5.41) is 0. The molecule has 0 aliphatic heterocycles. The lowest BCUT2D eigenvalue weighted by Crippen LogP contribution is -2.26. The van der Waals surface area contributed by atoms with Crippen LogP contribution in [0.5, 0.6) is 11.5 Å². The van der Waals surface area contributed by atoms with Gasteiger partial charge in [-0.1, -0.05) is 0 Å². The molecule has 9 heteroatoms. The van der Waals surface area contributed by atoms with E-state index in [4.69, 9.17) is 13.9 Å². The fraction of sp³-hybridized carbons (Fsp3) is 0.211. The Labute approximate surface area is 171 Å². The number of hydrogen-bond donors (Lipinski definition) is 1. The zero-order chi connectivity index (χ0) is 20.1. The molecule has 2 aromatic carbocycles. The third kappa shape index (κ3) is 4.73. The molecule has 0 fully saturated rings. The van der Waals surface area contributed by atoms with Gasteiger partial charge in [-0.15, -0.1) is 0 Å². The minimum absolute atomic E-state index is 0.152. The number of benzene rings is 2. The Bertz CT molecular complexity index is 1050. The Morgan fingerprint density at radius 2 is 1.86 bits per heavy atom. The highest BCUT2D eigenvalue weighted by molar-refractivity contribution is 9.10. The molecule has 7 nitrogen and oxygen atoms in total. The van der Waals surface area contributed by atoms with Crippen molar-refractivity contribution in [2.75, 3.05) is 20.8 Å². The molecule has 0 bridgehead atoms. The number of nitrogens with one attached hydrogen (secondary N) is 1. The number of rotatable bonds is 8. The fourth-order valence-corrected chi connectivity index (χ4v) is 4.25. The average molecular weight is 467 g/mol. The van der Waals surface area contributed by atoms with E-state index in [0.29, 0.717) is 28.2 Å². The maximum absolute atomic E-state index is 12.4. The number of oxazole rings is 1. The molecular weight excluding hydrogens is 448 g/mol. The molecule has 3 rings (SSSR count). The third-order valence-corrected chi connectivity index (χ3v) is 6.07. The first-order valence-electron chi connectivity index (χ1n) is 8.35. The van der Waals surface area contributed by atoms with Gasteiger partial charge in [0.25, 0.3) is 0 Å². The van der Waals surface area contributed by atoms with Crippen LogP contribution in [0, 0.1) is 0 Å². The number of methoxy groups -OCH3 is 2. The van der Waals surface area contributed by atoms with Gasteiger partial charge in [-0.05, 0) is 58.4 Å². The molecule has 0 spiro atoms. The molecule has 0 aliphatic carbocycles. The van der Waals surface area contributed by atoms with E-state index < -0.39 is 10.0 Å². The van der Waals surface area contributed by atoms with Crippen molar-refractivity contribution in [3.05, 3.63) is 58.9 Å². The van der Waals surface area contributed by atoms with Gasteiger partial charge in [0.1, 0.15) is 17.8 Å². The molecule has 0 radical (unpaired) electrons. The monoisotopic (exact) mass is 466 g/mol. The van der Waals surface area contributed by atoms with Crippen LogP contribution in [0.25, 0.3) is 11.5 Å². The lowest BCUT2D eigenvalue weighted by atomic mass is 10.2. The van der Waals surface area contributed by atoms with E-state index >= 15 is 0 Å². The van der Waals surface area contributed by atoms with Crippen LogP contribution in [0.2, 0.25) is 0 Å². The lowest BCUT2D eigenvalue weighted by molar-refractivity contribution is 0.411. The number of sulfonamides is 1. The van der Waals surface area contributed by atoms with Crippen LogP contribution in [0.1, 0.15) is 5.69 Å². The van der Waals surface area contributed by atoms with Crippen molar-refractivity contribution in [2.24, 2.45) is 0 Å². The summed E-state index contributed by atoms with van der Waals surface area (Å²) in [6.07, 6.45) is 1.92. The van der Waals surface area contributed by atoms with Crippen molar-refractivity contribution in [3.8, 4) is 23.0 Å². The topological polar surface area (TPSA) is 90.7 Å². The van der Waals surface area contributed by atoms with E-state index in [9.17, 15) is 8.42 Å². The lowest BCUT2D eigenvalue weighted by Gasteiger charge is -2.08. The molecule has 148 valence electrons. The van der Waals surface area contributed by atoms with Gasteiger partial charge in [0, 0.05) is 18.5 Å². The molecule has 0 amide bonds. The molecule has 1 heterocycles. The summed E-state index contributed by atoms with van der Waals surface area (Å²) in [5.41, 5.74) is 1.47. The largest absolute Gasteiger partial charge is 0.497 e. The maximum atomic E-state index is 12.4. The number of hydrogen-bond acceptors (Lipinski definition) is 6.